The maximum absolute atomic E-state index is 12.5. The summed E-state index contributed by atoms with van der Waals surface area (Å²) in [6, 6.07) is 5.08. The van der Waals surface area contributed by atoms with Crippen LogP contribution in [0.15, 0.2) is 58.7 Å². The largest absolute Gasteiger partial charge is 0.374 e. The van der Waals surface area contributed by atoms with Gasteiger partial charge in [-0.05, 0) is 66.7 Å². The summed E-state index contributed by atoms with van der Waals surface area (Å²) >= 11 is 7.04. The molecule has 0 radical (unpaired) electrons. The molecule has 2 unspecified atom stereocenters. The molecule has 2 heterocycles. The van der Waals surface area contributed by atoms with E-state index in [9.17, 15) is 22.4 Å². The summed E-state index contributed by atoms with van der Waals surface area (Å²) in [5.74, 6) is 0.535. The molecule has 3 fully saturated rings. The van der Waals surface area contributed by atoms with Crippen LogP contribution >= 0.6 is 24.0 Å². The van der Waals surface area contributed by atoms with Crippen LogP contribution in [0.5, 0.6) is 0 Å². The number of allylic oxidation sites excluding steroid dienone is 5. The van der Waals surface area contributed by atoms with Crippen LogP contribution in [0.3, 0.4) is 0 Å². The molecule has 0 aromatic heterocycles. The number of primary amides is 1. The summed E-state index contributed by atoms with van der Waals surface area (Å²) in [4.78, 5) is 28.3. The molecule has 2 saturated heterocycles. The van der Waals surface area contributed by atoms with Gasteiger partial charge >= 0.3 is 0 Å². The minimum absolute atomic E-state index is 0.00727. The van der Waals surface area contributed by atoms with Crippen molar-refractivity contribution in [2.45, 2.75) is 38.5 Å². The first-order chi connectivity index (χ1) is 19.0. The third kappa shape index (κ3) is 8.25. The minimum atomic E-state index is -4.08. The predicted molar refractivity (Wildman–Crippen MR) is 159 cm³/mol. The molecule has 2 aliphatic carbocycles. The number of likely N-dealkylation sites (tertiary alicyclic amines) is 1. The van der Waals surface area contributed by atoms with Gasteiger partial charge in [0, 0.05) is 42.2 Å². The summed E-state index contributed by atoms with van der Waals surface area (Å²) < 4.78 is 43.0. The number of carbonyl (C=O) groups is 2. The molecule has 4 aliphatic rings. The van der Waals surface area contributed by atoms with Gasteiger partial charge in [0.05, 0.1) is 16.5 Å². The van der Waals surface area contributed by atoms with Gasteiger partial charge in [0.25, 0.3) is 16.0 Å². The Balaban J connectivity index is 0.000000312. The van der Waals surface area contributed by atoms with E-state index in [0.29, 0.717) is 16.3 Å². The van der Waals surface area contributed by atoms with Crippen molar-refractivity contribution in [1.82, 2.24) is 9.80 Å². The molecular formula is C28H34FN3O5S3. The number of nitrogens with two attached hydrogens (primary N) is 1. The Morgan fingerprint density at radius 2 is 1.85 bits per heavy atom. The maximum Gasteiger partial charge on any atom is 0.266 e. The van der Waals surface area contributed by atoms with Crippen LogP contribution in [0.25, 0.3) is 0 Å². The Labute approximate surface area is 244 Å². The van der Waals surface area contributed by atoms with Crippen LogP contribution in [-0.2, 0) is 14.9 Å². The first kappa shape index (κ1) is 30.4. The monoisotopic (exact) mass is 607 g/mol. The molecule has 3 N–H and O–H groups in total. The van der Waals surface area contributed by atoms with Gasteiger partial charge in [-0.15, -0.1) is 0 Å². The third-order valence-electron chi connectivity index (χ3n) is 7.72. The number of rotatable bonds is 6. The number of halogens is 1. The Kier molecular flexibility index (Phi) is 10.2. The second-order valence-electron chi connectivity index (χ2n) is 10.4. The Bertz CT molecular complexity index is 1340. The third-order valence-corrected chi connectivity index (χ3v) is 9.85. The molecule has 2 aliphatic heterocycles. The average molecular weight is 608 g/mol. The Morgan fingerprint density at radius 1 is 1.15 bits per heavy atom. The molecule has 0 bridgehead atoms. The lowest BCUT2D eigenvalue weighted by Crippen LogP contribution is -2.41. The molecule has 12 heteroatoms. The van der Waals surface area contributed by atoms with E-state index in [1.54, 1.807) is 0 Å². The molecule has 216 valence electrons. The van der Waals surface area contributed by atoms with E-state index in [1.165, 1.54) is 78.7 Å². The Morgan fingerprint density at radius 3 is 2.50 bits per heavy atom. The first-order valence-electron chi connectivity index (χ1n) is 13.3. The normalized spacial score (nSPS) is 24.2. The number of amides is 2. The highest BCUT2D eigenvalue weighted by atomic mass is 32.2. The Hall–Kier alpha value is -2.54. The lowest BCUT2D eigenvalue weighted by atomic mass is 9.75. The zero-order chi connectivity index (χ0) is 28.9. The number of thioether (sulfide) groups is 1. The van der Waals surface area contributed by atoms with E-state index in [1.807, 2.05) is 12.2 Å². The van der Waals surface area contributed by atoms with Crippen LogP contribution in [0, 0.1) is 17.7 Å². The summed E-state index contributed by atoms with van der Waals surface area (Å²) in [5, 5.41) is 0. The van der Waals surface area contributed by atoms with Crippen molar-refractivity contribution in [1.29, 1.82) is 0 Å². The van der Waals surface area contributed by atoms with Crippen molar-refractivity contribution in [2.75, 3.05) is 31.3 Å². The summed E-state index contributed by atoms with van der Waals surface area (Å²) in [6.07, 6.45) is 13.5. The van der Waals surface area contributed by atoms with E-state index < -0.39 is 21.8 Å². The van der Waals surface area contributed by atoms with E-state index >= 15 is 0 Å². The van der Waals surface area contributed by atoms with Crippen LogP contribution in [0.2, 0.25) is 0 Å². The van der Waals surface area contributed by atoms with Crippen molar-refractivity contribution >= 4 is 50.8 Å². The van der Waals surface area contributed by atoms with Gasteiger partial charge < -0.3 is 15.5 Å². The SMILES string of the molecule is NC(=O)c1ccc(F)cc1.O=C1C(=CC2=CC=C(N3CCC4CCCCC4C3)CC2=S)SCN1CCS(=O)(=O)O. The number of hydrogen-bond acceptors (Lipinski definition) is 7. The van der Waals surface area contributed by atoms with Gasteiger partial charge in [0.15, 0.2) is 0 Å². The fraction of sp³-hybridized carbons (Fsp3) is 0.464. The van der Waals surface area contributed by atoms with Gasteiger partial charge in [-0.2, -0.15) is 8.42 Å². The zero-order valence-corrected chi connectivity index (χ0v) is 24.6. The zero-order valence-electron chi connectivity index (χ0n) is 22.1. The second-order valence-corrected chi connectivity index (χ2v) is 13.5. The predicted octanol–water partition coefficient (Wildman–Crippen LogP) is 4.31. The molecule has 0 spiro atoms. The van der Waals surface area contributed by atoms with E-state index in [4.69, 9.17) is 22.5 Å². The highest BCUT2D eigenvalue weighted by molar-refractivity contribution is 8.04. The molecule has 5 rings (SSSR count). The van der Waals surface area contributed by atoms with Crippen LogP contribution in [0.1, 0.15) is 48.9 Å². The van der Waals surface area contributed by atoms with Crippen molar-refractivity contribution in [3.8, 4) is 0 Å². The maximum atomic E-state index is 12.5. The fourth-order valence-corrected chi connectivity index (χ4v) is 7.22. The number of nitrogens with zero attached hydrogens (tertiary/aromatic N) is 2. The molecule has 2 atom stereocenters. The van der Waals surface area contributed by atoms with Gasteiger partial charge in [0.2, 0.25) is 5.91 Å². The van der Waals surface area contributed by atoms with E-state index in [2.05, 4.69) is 11.0 Å². The minimum Gasteiger partial charge on any atom is -0.374 e. The highest BCUT2D eigenvalue weighted by Crippen LogP contribution is 2.38. The average Bonchev–Trinajstić information content (AvgIpc) is 3.27. The summed E-state index contributed by atoms with van der Waals surface area (Å²) in [6.45, 7) is 2.24. The quantitative estimate of drug-likeness (QED) is 0.279. The van der Waals surface area contributed by atoms with Crippen LogP contribution in [0.4, 0.5) is 4.39 Å². The van der Waals surface area contributed by atoms with Crippen molar-refractivity contribution in [3.63, 3.8) is 0 Å². The fourth-order valence-electron chi connectivity index (χ4n) is 5.49. The number of piperidine rings is 1. The molecule has 1 saturated carbocycles. The molecule has 8 nitrogen and oxygen atoms in total. The van der Waals surface area contributed by atoms with Gasteiger partial charge in [-0.1, -0.05) is 49.3 Å². The van der Waals surface area contributed by atoms with Crippen molar-refractivity contribution in [3.05, 3.63) is 70.0 Å². The van der Waals surface area contributed by atoms with E-state index in [0.717, 1.165) is 41.8 Å². The standard InChI is InChI=1S/C21H28N2O4S3.C7H6FNO/c24-21-20(29-14-23(21)9-10-30(25,26)27)11-16-5-6-18(12-19(16)28)22-8-7-15-3-1-2-4-17(15)13-22;8-6-3-1-5(2-4-6)7(9)10/h5-6,11,15,17H,1-4,7-10,12-14H2,(H,25,26,27);1-4H,(H2,9,10). The first-order valence-corrected chi connectivity index (χ1v) is 16.3. The lowest BCUT2D eigenvalue weighted by Gasteiger charge is -2.43. The van der Waals surface area contributed by atoms with Gasteiger partial charge in [0.1, 0.15) is 5.82 Å². The number of carbonyl (C=O) groups excluding carboxylic acids is 2. The molecule has 40 heavy (non-hydrogen) atoms. The van der Waals surface area contributed by atoms with Gasteiger partial charge in [-0.3, -0.25) is 14.1 Å². The van der Waals surface area contributed by atoms with E-state index in [-0.39, 0.29) is 18.3 Å². The summed E-state index contributed by atoms with van der Waals surface area (Å²) in [7, 11) is -4.08. The smallest absolute Gasteiger partial charge is 0.266 e. The topological polar surface area (TPSA) is 121 Å². The number of benzene rings is 1. The molecule has 1 aromatic carbocycles. The number of hydrogen-bond donors (Lipinski definition) is 2. The second kappa shape index (κ2) is 13.4. The molecular weight excluding hydrogens is 574 g/mol. The van der Waals surface area contributed by atoms with Crippen LogP contribution < -0.4 is 5.73 Å². The number of fused-ring (bicyclic) bond motifs is 1. The summed E-state index contributed by atoms with van der Waals surface area (Å²) in [5.41, 5.74) is 7.39. The highest BCUT2D eigenvalue weighted by Gasteiger charge is 2.33. The van der Waals surface area contributed by atoms with Crippen molar-refractivity contribution < 1.29 is 27.0 Å². The molecule has 1 aromatic rings. The van der Waals surface area contributed by atoms with Crippen molar-refractivity contribution in [2.24, 2.45) is 17.6 Å². The number of thiocarbonyl (C=S) groups is 1. The van der Waals surface area contributed by atoms with Crippen LogP contribution in [-0.4, -0.2) is 70.7 Å². The lowest BCUT2D eigenvalue weighted by molar-refractivity contribution is -0.124. The van der Waals surface area contributed by atoms with Gasteiger partial charge in [-0.25, -0.2) is 4.39 Å². The molecule has 2 amide bonds.